The Morgan fingerprint density at radius 2 is 2.09 bits per heavy atom. The van der Waals surface area contributed by atoms with Gasteiger partial charge in [0.2, 0.25) is 0 Å². The maximum atomic E-state index is 12.6. The second kappa shape index (κ2) is 6.37. The van der Waals surface area contributed by atoms with Crippen molar-refractivity contribution in [2.75, 3.05) is 24.5 Å². The molecular weight excluding hydrogens is 337 g/mol. The SMILES string of the molecule is CC1CN(c2ncc(Cl)cc2Cl)CCN1C(=O)c1cnn(C)c1. The summed E-state index contributed by atoms with van der Waals surface area (Å²) in [5.74, 6) is 0.705. The van der Waals surface area contributed by atoms with E-state index < -0.39 is 0 Å². The third-order valence-electron chi connectivity index (χ3n) is 3.93. The topological polar surface area (TPSA) is 54.3 Å². The molecule has 1 aliphatic rings. The second-order valence-corrected chi connectivity index (χ2v) is 6.50. The van der Waals surface area contributed by atoms with E-state index in [9.17, 15) is 4.79 Å². The summed E-state index contributed by atoms with van der Waals surface area (Å²) in [6, 6.07) is 1.73. The first-order chi connectivity index (χ1) is 11.0. The third kappa shape index (κ3) is 3.28. The van der Waals surface area contributed by atoms with E-state index in [1.807, 2.05) is 11.8 Å². The fourth-order valence-electron chi connectivity index (χ4n) is 2.79. The summed E-state index contributed by atoms with van der Waals surface area (Å²) < 4.78 is 1.63. The van der Waals surface area contributed by atoms with Crippen molar-refractivity contribution < 1.29 is 4.79 Å². The molecule has 1 saturated heterocycles. The highest BCUT2D eigenvalue weighted by molar-refractivity contribution is 6.36. The molecule has 6 nitrogen and oxygen atoms in total. The van der Waals surface area contributed by atoms with E-state index in [2.05, 4.69) is 15.0 Å². The van der Waals surface area contributed by atoms with Crippen LogP contribution in [-0.2, 0) is 7.05 Å². The number of amides is 1. The number of rotatable bonds is 2. The summed E-state index contributed by atoms with van der Waals surface area (Å²) in [7, 11) is 1.80. The molecular formula is C15H17Cl2N5O. The number of hydrogen-bond donors (Lipinski definition) is 0. The monoisotopic (exact) mass is 353 g/mol. The molecule has 0 saturated carbocycles. The molecule has 2 aromatic heterocycles. The van der Waals surface area contributed by atoms with E-state index in [0.717, 1.165) is 0 Å². The molecule has 122 valence electrons. The summed E-state index contributed by atoms with van der Waals surface area (Å²) in [5, 5.41) is 5.09. The highest BCUT2D eigenvalue weighted by Gasteiger charge is 2.30. The normalized spacial score (nSPS) is 18.3. The molecule has 1 amide bonds. The van der Waals surface area contributed by atoms with Gasteiger partial charge in [-0.3, -0.25) is 9.48 Å². The number of piperazine rings is 1. The minimum absolute atomic E-state index is 0.000382. The van der Waals surface area contributed by atoms with Gasteiger partial charge in [-0.05, 0) is 13.0 Å². The van der Waals surface area contributed by atoms with Gasteiger partial charge in [0.1, 0.15) is 5.82 Å². The Morgan fingerprint density at radius 3 is 2.70 bits per heavy atom. The molecule has 1 unspecified atom stereocenters. The molecule has 1 atom stereocenters. The number of nitrogens with zero attached hydrogens (tertiary/aromatic N) is 5. The van der Waals surface area contributed by atoms with E-state index in [0.29, 0.717) is 41.1 Å². The first-order valence-corrected chi connectivity index (χ1v) is 8.07. The van der Waals surface area contributed by atoms with Gasteiger partial charge < -0.3 is 9.80 Å². The van der Waals surface area contributed by atoms with Gasteiger partial charge in [0.25, 0.3) is 5.91 Å². The maximum absolute atomic E-state index is 12.6. The van der Waals surface area contributed by atoms with Crippen LogP contribution in [0.5, 0.6) is 0 Å². The molecule has 0 N–H and O–H groups in total. The number of pyridine rings is 1. The number of carbonyl (C=O) groups is 1. The maximum Gasteiger partial charge on any atom is 0.257 e. The van der Waals surface area contributed by atoms with E-state index >= 15 is 0 Å². The largest absolute Gasteiger partial charge is 0.352 e. The number of aryl methyl sites for hydroxylation is 1. The molecule has 3 heterocycles. The standard InChI is InChI=1S/C15H17Cl2N5O/c1-10-8-21(14-13(17)5-12(16)7-18-14)3-4-22(10)15(23)11-6-19-20(2)9-11/h5-7,9-10H,3-4,8H2,1-2H3. The van der Waals surface area contributed by atoms with Crippen molar-refractivity contribution in [2.24, 2.45) is 7.05 Å². The lowest BCUT2D eigenvalue weighted by molar-refractivity contribution is 0.0673. The zero-order valence-electron chi connectivity index (χ0n) is 12.9. The number of halogens is 2. The van der Waals surface area contributed by atoms with Crippen LogP contribution in [-0.4, -0.2) is 51.2 Å². The number of anilines is 1. The van der Waals surface area contributed by atoms with Crippen LogP contribution in [0.2, 0.25) is 10.0 Å². The third-order valence-corrected chi connectivity index (χ3v) is 4.41. The van der Waals surface area contributed by atoms with Gasteiger partial charge in [-0.1, -0.05) is 23.2 Å². The number of hydrogen-bond acceptors (Lipinski definition) is 4. The molecule has 2 aromatic rings. The zero-order chi connectivity index (χ0) is 16.6. The Balaban J connectivity index is 1.73. The molecule has 3 rings (SSSR count). The molecule has 8 heteroatoms. The van der Waals surface area contributed by atoms with Gasteiger partial charge in [-0.2, -0.15) is 5.10 Å². The van der Waals surface area contributed by atoms with Crippen LogP contribution in [0, 0.1) is 0 Å². The van der Waals surface area contributed by atoms with Crippen molar-refractivity contribution in [3.63, 3.8) is 0 Å². The van der Waals surface area contributed by atoms with Crippen LogP contribution in [0.1, 0.15) is 17.3 Å². The van der Waals surface area contributed by atoms with Gasteiger partial charge in [0, 0.05) is 45.1 Å². The second-order valence-electron chi connectivity index (χ2n) is 5.66. The van der Waals surface area contributed by atoms with Gasteiger partial charge >= 0.3 is 0 Å². The zero-order valence-corrected chi connectivity index (χ0v) is 14.4. The van der Waals surface area contributed by atoms with Crippen molar-refractivity contribution in [2.45, 2.75) is 13.0 Å². The number of carbonyl (C=O) groups excluding carboxylic acids is 1. The van der Waals surface area contributed by atoms with Gasteiger partial charge in [-0.15, -0.1) is 0 Å². The van der Waals surface area contributed by atoms with Crippen LogP contribution < -0.4 is 4.90 Å². The van der Waals surface area contributed by atoms with Crippen molar-refractivity contribution in [1.82, 2.24) is 19.7 Å². The molecule has 23 heavy (non-hydrogen) atoms. The molecule has 0 aromatic carbocycles. The molecule has 1 aliphatic heterocycles. The average molecular weight is 354 g/mol. The van der Waals surface area contributed by atoms with E-state index in [1.165, 1.54) is 0 Å². The predicted octanol–water partition coefficient (Wildman–Crippen LogP) is 2.47. The lowest BCUT2D eigenvalue weighted by Gasteiger charge is -2.40. The smallest absolute Gasteiger partial charge is 0.257 e. The Hall–Kier alpha value is -1.79. The van der Waals surface area contributed by atoms with E-state index in [1.54, 1.807) is 36.4 Å². The van der Waals surface area contributed by atoms with E-state index in [-0.39, 0.29) is 11.9 Å². The van der Waals surface area contributed by atoms with Crippen LogP contribution in [0.3, 0.4) is 0 Å². The average Bonchev–Trinajstić information content (AvgIpc) is 2.93. The fourth-order valence-corrected chi connectivity index (χ4v) is 3.29. The van der Waals surface area contributed by atoms with Crippen LogP contribution in [0.15, 0.2) is 24.7 Å². The fraction of sp³-hybridized carbons (Fsp3) is 0.400. The van der Waals surface area contributed by atoms with E-state index in [4.69, 9.17) is 23.2 Å². The molecule has 0 spiro atoms. The minimum Gasteiger partial charge on any atom is -0.352 e. The molecule has 0 radical (unpaired) electrons. The van der Waals surface area contributed by atoms with Gasteiger partial charge in [-0.25, -0.2) is 4.98 Å². The highest BCUT2D eigenvalue weighted by atomic mass is 35.5. The summed E-state index contributed by atoms with van der Waals surface area (Å²) in [6.07, 6.45) is 4.92. The summed E-state index contributed by atoms with van der Waals surface area (Å²) in [6.45, 7) is 3.96. The summed E-state index contributed by atoms with van der Waals surface area (Å²) in [4.78, 5) is 20.8. The Bertz CT molecular complexity index is 732. The lowest BCUT2D eigenvalue weighted by atomic mass is 10.1. The van der Waals surface area contributed by atoms with Crippen LogP contribution in [0.4, 0.5) is 5.82 Å². The summed E-state index contributed by atoms with van der Waals surface area (Å²) >= 11 is 12.1. The Labute approximate surface area is 144 Å². The molecule has 1 fully saturated rings. The Kier molecular flexibility index (Phi) is 4.46. The van der Waals surface area contributed by atoms with Gasteiger partial charge in [0.15, 0.2) is 0 Å². The van der Waals surface area contributed by atoms with Crippen molar-refractivity contribution >= 4 is 34.9 Å². The summed E-state index contributed by atoms with van der Waals surface area (Å²) in [5.41, 5.74) is 0.607. The molecule has 0 bridgehead atoms. The quantitative estimate of drug-likeness (QED) is 0.832. The van der Waals surface area contributed by atoms with Crippen LogP contribution >= 0.6 is 23.2 Å². The van der Waals surface area contributed by atoms with Gasteiger partial charge in [0.05, 0.1) is 21.8 Å². The number of aromatic nitrogens is 3. The first-order valence-electron chi connectivity index (χ1n) is 7.31. The van der Waals surface area contributed by atoms with Crippen molar-refractivity contribution in [3.8, 4) is 0 Å². The minimum atomic E-state index is 0.000382. The predicted molar refractivity (Wildman–Crippen MR) is 90.2 cm³/mol. The lowest BCUT2D eigenvalue weighted by Crippen LogP contribution is -2.54. The molecule has 0 aliphatic carbocycles. The van der Waals surface area contributed by atoms with Crippen molar-refractivity contribution in [3.05, 3.63) is 40.3 Å². The first kappa shape index (κ1) is 16.1. The van der Waals surface area contributed by atoms with Crippen LogP contribution in [0.25, 0.3) is 0 Å². The highest BCUT2D eigenvalue weighted by Crippen LogP contribution is 2.28. The van der Waals surface area contributed by atoms with Crippen molar-refractivity contribution in [1.29, 1.82) is 0 Å². The Morgan fingerprint density at radius 1 is 1.30 bits per heavy atom.